The van der Waals surface area contributed by atoms with Crippen LogP contribution >= 0.6 is 27.7 Å². The average Bonchev–Trinajstić information content (AvgIpc) is 3.18. The molecule has 0 radical (unpaired) electrons. The number of thioether (sulfide) groups is 1. The second-order valence-electron chi connectivity index (χ2n) is 7.79. The average molecular weight is 568 g/mol. The Kier molecular flexibility index (Phi) is 8.72. The molecule has 0 saturated carbocycles. The van der Waals surface area contributed by atoms with Gasteiger partial charge in [0, 0.05) is 6.54 Å². The fourth-order valence-electron chi connectivity index (χ4n) is 3.59. The Bertz CT molecular complexity index is 1280. The predicted octanol–water partition coefficient (Wildman–Crippen LogP) is 7.06. The summed E-state index contributed by atoms with van der Waals surface area (Å²) in [4.78, 5) is 20.1. The number of benzene rings is 3. The third-order valence-electron chi connectivity index (χ3n) is 5.36. The van der Waals surface area contributed by atoms with Gasteiger partial charge in [-0.05, 0) is 95.1 Å². The van der Waals surface area contributed by atoms with Gasteiger partial charge in [-0.1, -0.05) is 30.3 Å². The molecule has 8 heteroatoms. The number of carbonyl (C=O) groups excluding carboxylic acids is 1. The zero-order chi connectivity index (χ0) is 25.5. The quantitative estimate of drug-likeness (QED) is 0.259. The molecule has 1 aliphatic rings. The largest absolute Gasteiger partial charge is 0.497 e. The molecule has 0 aliphatic carbocycles. The van der Waals surface area contributed by atoms with E-state index in [1.54, 1.807) is 12.0 Å². The molecular weight excluding hydrogens is 540 g/mol. The van der Waals surface area contributed by atoms with Crippen molar-refractivity contribution in [1.82, 2.24) is 4.90 Å². The van der Waals surface area contributed by atoms with Gasteiger partial charge in [-0.25, -0.2) is 4.99 Å². The van der Waals surface area contributed by atoms with Crippen LogP contribution in [0.5, 0.6) is 17.2 Å². The molecule has 0 bridgehead atoms. The SMILES string of the molecule is CCOc1cc(/C=C2/SC(=Nc3ccc(OC)cc3)N(CC)C2=O)cc(Br)c1OCc1ccccc1. The highest BCUT2D eigenvalue weighted by atomic mass is 79.9. The zero-order valence-corrected chi connectivity index (χ0v) is 22.8. The number of nitrogens with zero attached hydrogens (tertiary/aromatic N) is 2. The molecule has 1 heterocycles. The number of amides is 1. The first-order valence-electron chi connectivity index (χ1n) is 11.6. The summed E-state index contributed by atoms with van der Waals surface area (Å²) in [5.41, 5.74) is 2.65. The van der Waals surface area contributed by atoms with E-state index in [1.807, 2.05) is 86.7 Å². The maximum Gasteiger partial charge on any atom is 0.266 e. The molecule has 0 N–H and O–H groups in total. The minimum absolute atomic E-state index is 0.0757. The van der Waals surface area contributed by atoms with Crippen LogP contribution in [-0.4, -0.2) is 36.2 Å². The normalized spacial score (nSPS) is 15.6. The molecule has 1 aliphatic heterocycles. The molecule has 1 fully saturated rings. The van der Waals surface area contributed by atoms with Crippen LogP contribution in [0.3, 0.4) is 0 Å². The van der Waals surface area contributed by atoms with Gasteiger partial charge in [0.05, 0.1) is 28.8 Å². The Morgan fingerprint density at radius 1 is 1.03 bits per heavy atom. The predicted molar refractivity (Wildman–Crippen MR) is 149 cm³/mol. The van der Waals surface area contributed by atoms with E-state index in [4.69, 9.17) is 19.2 Å². The van der Waals surface area contributed by atoms with Crippen LogP contribution in [0.4, 0.5) is 5.69 Å². The monoisotopic (exact) mass is 566 g/mol. The number of halogens is 1. The molecule has 0 aromatic heterocycles. The van der Waals surface area contributed by atoms with Crippen molar-refractivity contribution in [2.24, 2.45) is 4.99 Å². The van der Waals surface area contributed by atoms with Gasteiger partial charge in [0.2, 0.25) is 0 Å². The third-order valence-corrected chi connectivity index (χ3v) is 6.95. The number of hydrogen-bond acceptors (Lipinski definition) is 6. The van der Waals surface area contributed by atoms with E-state index in [2.05, 4.69) is 15.9 Å². The van der Waals surface area contributed by atoms with Gasteiger partial charge in [0.15, 0.2) is 16.7 Å². The molecule has 4 rings (SSSR count). The van der Waals surface area contributed by atoms with Gasteiger partial charge in [-0.3, -0.25) is 9.69 Å². The van der Waals surface area contributed by atoms with Crippen LogP contribution in [0.1, 0.15) is 25.0 Å². The smallest absolute Gasteiger partial charge is 0.266 e. The summed E-state index contributed by atoms with van der Waals surface area (Å²) in [5, 5.41) is 0.644. The maximum atomic E-state index is 13.1. The van der Waals surface area contributed by atoms with E-state index < -0.39 is 0 Å². The number of methoxy groups -OCH3 is 1. The summed E-state index contributed by atoms with van der Waals surface area (Å²) in [6, 6.07) is 21.2. The lowest BCUT2D eigenvalue weighted by Gasteiger charge is -2.15. The summed E-state index contributed by atoms with van der Waals surface area (Å²) in [6.45, 7) is 5.30. The van der Waals surface area contributed by atoms with E-state index in [1.165, 1.54) is 11.8 Å². The van der Waals surface area contributed by atoms with E-state index >= 15 is 0 Å². The van der Waals surface area contributed by atoms with Crippen LogP contribution in [-0.2, 0) is 11.4 Å². The van der Waals surface area contributed by atoms with Crippen molar-refractivity contribution >= 4 is 50.5 Å². The Balaban J connectivity index is 1.60. The van der Waals surface area contributed by atoms with Gasteiger partial charge >= 0.3 is 0 Å². The maximum absolute atomic E-state index is 13.1. The first-order chi connectivity index (χ1) is 17.5. The summed E-state index contributed by atoms with van der Waals surface area (Å²) in [7, 11) is 1.62. The lowest BCUT2D eigenvalue weighted by atomic mass is 10.1. The van der Waals surface area contributed by atoms with Crippen molar-refractivity contribution in [2.75, 3.05) is 20.3 Å². The number of ether oxygens (including phenoxy) is 3. The topological polar surface area (TPSA) is 60.4 Å². The second-order valence-corrected chi connectivity index (χ2v) is 9.65. The van der Waals surface area contributed by atoms with Crippen molar-refractivity contribution in [2.45, 2.75) is 20.5 Å². The molecule has 0 atom stereocenters. The molecule has 36 heavy (non-hydrogen) atoms. The van der Waals surface area contributed by atoms with Crippen molar-refractivity contribution in [3.8, 4) is 17.2 Å². The molecule has 0 spiro atoms. The molecule has 1 saturated heterocycles. The van der Waals surface area contributed by atoms with Crippen LogP contribution in [0, 0.1) is 0 Å². The van der Waals surface area contributed by atoms with Gasteiger partial charge in [-0.2, -0.15) is 0 Å². The van der Waals surface area contributed by atoms with Crippen molar-refractivity contribution in [3.05, 3.63) is 87.2 Å². The van der Waals surface area contributed by atoms with E-state index in [-0.39, 0.29) is 5.91 Å². The Hall–Kier alpha value is -3.23. The highest BCUT2D eigenvalue weighted by Crippen LogP contribution is 2.40. The number of rotatable bonds is 9. The van der Waals surface area contributed by atoms with Gasteiger partial charge in [-0.15, -0.1) is 0 Å². The first-order valence-corrected chi connectivity index (χ1v) is 13.2. The van der Waals surface area contributed by atoms with Crippen LogP contribution in [0.2, 0.25) is 0 Å². The number of amidine groups is 1. The summed E-state index contributed by atoms with van der Waals surface area (Å²) in [6.07, 6.45) is 1.86. The molecule has 6 nitrogen and oxygen atoms in total. The first kappa shape index (κ1) is 25.9. The van der Waals surface area contributed by atoms with Crippen LogP contribution in [0.15, 0.2) is 81.1 Å². The van der Waals surface area contributed by atoms with Gasteiger partial charge in [0.25, 0.3) is 5.91 Å². The van der Waals surface area contributed by atoms with Crippen LogP contribution in [0.25, 0.3) is 6.08 Å². The summed E-state index contributed by atoms with van der Waals surface area (Å²) >= 11 is 4.99. The second kappa shape index (κ2) is 12.1. The molecule has 3 aromatic carbocycles. The van der Waals surface area contributed by atoms with Gasteiger partial charge in [0.1, 0.15) is 12.4 Å². The standard InChI is InChI=1S/C28H27BrN2O4S/c1-4-31-27(32)25(36-28(31)30-21-11-13-22(33-3)14-12-21)17-20-15-23(29)26(24(16-20)34-5-2)35-18-19-9-7-6-8-10-19/h6-17H,4-5,18H2,1-3H3/b25-17+,30-28?. The minimum atomic E-state index is -0.0757. The molecule has 186 valence electrons. The van der Waals surface area contributed by atoms with Crippen molar-refractivity contribution < 1.29 is 19.0 Å². The fourth-order valence-corrected chi connectivity index (χ4v) is 5.23. The Morgan fingerprint density at radius 3 is 2.44 bits per heavy atom. The number of carbonyl (C=O) groups is 1. The summed E-state index contributed by atoms with van der Waals surface area (Å²) < 4.78 is 17.9. The Labute approximate surface area is 224 Å². The number of hydrogen-bond donors (Lipinski definition) is 0. The highest BCUT2D eigenvalue weighted by molar-refractivity contribution is 9.10. The highest BCUT2D eigenvalue weighted by Gasteiger charge is 2.32. The van der Waals surface area contributed by atoms with Crippen molar-refractivity contribution in [3.63, 3.8) is 0 Å². The number of likely N-dealkylation sites (N-methyl/N-ethyl adjacent to an activating group) is 1. The van der Waals surface area contributed by atoms with Crippen LogP contribution < -0.4 is 14.2 Å². The van der Waals surface area contributed by atoms with E-state index in [0.29, 0.717) is 41.3 Å². The van der Waals surface area contributed by atoms with E-state index in [9.17, 15) is 4.79 Å². The van der Waals surface area contributed by atoms with Gasteiger partial charge < -0.3 is 14.2 Å². The summed E-state index contributed by atoms with van der Waals surface area (Å²) in [5.74, 6) is 1.93. The lowest BCUT2D eigenvalue weighted by Crippen LogP contribution is -2.28. The molecular formula is C28H27BrN2O4S. The third kappa shape index (κ3) is 6.12. The molecule has 1 amide bonds. The lowest BCUT2D eigenvalue weighted by molar-refractivity contribution is -0.122. The molecule has 0 unspecified atom stereocenters. The zero-order valence-electron chi connectivity index (χ0n) is 20.4. The minimum Gasteiger partial charge on any atom is -0.497 e. The number of aliphatic imine (C=N–C) groups is 1. The van der Waals surface area contributed by atoms with E-state index in [0.717, 1.165) is 27.0 Å². The molecule has 3 aromatic rings. The fraction of sp³-hybridized carbons (Fsp3) is 0.214. The Morgan fingerprint density at radius 2 is 1.78 bits per heavy atom. The van der Waals surface area contributed by atoms with Crippen molar-refractivity contribution in [1.29, 1.82) is 0 Å².